The standard InChI is InChI=1S/C24H24S2/c1-3-11-21(12-4-1)25-15-7-9-19-18-24-20(17-23(19)25)10-8-16-26(24)22-13-5-2-6-14-22/h1-6,11-14,17-18H,7-10,15-16H2/q+2. The first kappa shape index (κ1) is 16.5. The molecule has 0 aromatic heterocycles. The fraction of sp³-hybridized carbons (Fsp3) is 0.250. The summed E-state index contributed by atoms with van der Waals surface area (Å²) in [6.45, 7) is 0. The van der Waals surface area contributed by atoms with Gasteiger partial charge in [0.25, 0.3) is 0 Å². The molecule has 0 bridgehead atoms. The fourth-order valence-electron chi connectivity index (χ4n) is 4.19. The lowest BCUT2D eigenvalue weighted by Crippen LogP contribution is -2.22. The van der Waals surface area contributed by atoms with E-state index in [1.54, 1.807) is 20.9 Å². The molecule has 0 saturated carbocycles. The van der Waals surface area contributed by atoms with E-state index in [1.165, 1.54) is 47.0 Å². The lowest BCUT2D eigenvalue weighted by atomic mass is 10.0. The summed E-state index contributed by atoms with van der Waals surface area (Å²) in [6, 6.07) is 27.6. The lowest BCUT2D eigenvalue weighted by Gasteiger charge is -2.22. The van der Waals surface area contributed by atoms with Crippen molar-refractivity contribution >= 4 is 21.8 Å². The van der Waals surface area contributed by atoms with Crippen molar-refractivity contribution in [3.05, 3.63) is 83.9 Å². The predicted octanol–water partition coefficient (Wildman–Crippen LogP) is 5.65. The van der Waals surface area contributed by atoms with Crippen molar-refractivity contribution < 1.29 is 0 Å². The maximum Gasteiger partial charge on any atom is 0.164 e. The first-order valence-corrected chi connectivity index (χ1v) is 12.4. The quantitative estimate of drug-likeness (QED) is 0.507. The topological polar surface area (TPSA) is 0 Å². The Morgan fingerprint density at radius 3 is 1.38 bits per heavy atom. The molecule has 0 saturated heterocycles. The summed E-state index contributed by atoms with van der Waals surface area (Å²) in [5, 5.41) is 0. The third-order valence-corrected chi connectivity index (χ3v) is 10.3. The highest BCUT2D eigenvalue weighted by Crippen LogP contribution is 2.39. The van der Waals surface area contributed by atoms with Gasteiger partial charge >= 0.3 is 0 Å². The van der Waals surface area contributed by atoms with Crippen LogP contribution in [0.5, 0.6) is 0 Å². The summed E-state index contributed by atoms with van der Waals surface area (Å²) in [5.41, 5.74) is 3.25. The number of hydrogen-bond acceptors (Lipinski definition) is 0. The van der Waals surface area contributed by atoms with Gasteiger partial charge in [0.2, 0.25) is 0 Å². The van der Waals surface area contributed by atoms with Crippen LogP contribution in [0.3, 0.4) is 0 Å². The second kappa shape index (κ2) is 7.17. The van der Waals surface area contributed by atoms with Gasteiger partial charge in [-0.1, -0.05) is 36.4 Å². The largest absolute Gasteiger partial charge is 0.164 e. The molecule has 0 fully saturated rings. The van der Waals surface area contributed by atoms with E-state index in [9.17, 15) is 0 Å². The summed E-state index contributed by atoms with van der Waals surface area (Å²) >= 11 is 0. The molecule has 5 rings (SSSR count). The van der Waals surface area contributed by atoms with Crippen LogP contribution in [0, 0.1) is 0 Å². The molecule has 2 heteroatoms. The number of hydrogen-bond donors (Lipinski definition) is 0. The van der Waals surface area contributed by atoms with E-state index in [4.69, 9.17) is 0 Å². The predicted molar refractivity (Wildman–Crippen MR) is 113 cm³/mol. The van der Waals surface area contributed by atoms with E-state index in [0.29, 0.717) is 0 Å². The minimum Gasteiger partial charge on any atom is -0.0619 e. The van der Waals surface area contributed by atoms with Gasteiger partial charge in [-0.15, -0.1) is 0 Å². The molecule has 0 spiro atoms. The van der Waals surface area contributed by atoms with Crippen molar-refractivity contribution in [1.29, 1.82) is 0 Å². The van der Waals surface area contributed by atoms with Gasteiger partial charge in [-0.25, -0.2) is 0 Å². The number of fused-ring (bicyclic) bond motifs is 2. The molecule has 3 aromatic carbocycles. The number of benzene rings is 3. The van der Waals surface area contributed by atoms with E-state index >= 15 is 0 Å². The van der Waals surface area contributed by atoms with Crippen molar-refractivity contribution in [2.24, 2.45) is 0 Å². The van der Waals surface area contributed by atoms with Gasteiger partial charge in [0.1, 0.15) is 11.5 Å². The number of aryl methyl sites for hydroxylation is 2. The van der Waals surface area contributed by atoms with Crippen LogP contribution in [0.2, 0.25) is 0 Å². The molecule has 0 radical (unpaired) electrons. The zero-order valence-electron chi connectivity index (χ0n) is 15.0. The number of rotatable bonds is 2. The maximum atomic E-state index is 2.60. The Morgan fingerprint density at radius 2 is 0.962 bits per heavy atom. The van der Waals surface area contributed by atoms with Crippen LogP contribution >= 0.6 is 0 Å². The molecule has 26 heavy (non-hydrogen) atoms. The van der Waals surface area contributed by atoms with Gasteiger partial charge in [0, 0.05) is 23.3 Å². The summed E-state index contributed by atoms with van der Waals surface area (Å²) in [7, 11) is 0.533. The third kappa shape index (κ3) is 3.00. The molecule has 0 amide bonds. The molecule has 2 unspecified atom stereocenters. The Hall–Kier alpha value is -1.64. The van der Waals surface area contributed by atoms with Crippen LogP contribution in [0.25, 0.3) is 0 Å². The molecule has 2 heterocycles. The summed E-state index contributed by atoms with van der Waals surface area (Å²) < 4.78 is 0. The van der Waals surface area contributed by atoms with E-state index in [1.807, 2.05) is 0 Å². The Morgan fingerprint density at radius 1 is 0.538 bits per heavy atom. The second-order valence-electron chi connectivity index (χ2n) is 7.09. The van der Waals surface area contributed by atoms with Crippen LogP contribution in [-0.2, 0) is 34.6 Å². The Bertz CT molecular complexity index is 825. The van der Waals surface area contributed by atoms with Crippen molar-refractivity contribution in [2.75, 3.05) is 11.5 Å². The van der Waals surface area contributed by atoms with Crippen molar-refractivity contribution in [1.82, 2.24) is 0 Å². The summed E-state index contributed by atoms with van der Waals surface area (Å²) in [4.78, 5) is 6.32. The summed E-state index contributed by atoms with van der Waals surface area (Å²) in [6.07, 6.45) is 5.15. The van der Waals surface area contributed by atoms with Crippen LogP contribution in [0.15, 0.2) is 92.4 Å². The van der Waals surface area contributed by atoms with Crippen LogP contribution in [0.1, 0.15) is 24.0 Å². The minimum absolute atomic E-state index is 0.266. The maximum absolute atomic E-state index is 2.60. The zero-order valence-corrected chi connectivity index (χ0v) is 16.6. The summed E-state index contributed by atoms with van der Waals surface area (Å²) in [5.74, 6) is 2.64. The smallest absolute Gasteiger partial charge is 0.0619 e. The molecule has 2 aliphatic heterocycles. The molecule has 130 valence electrons. The van der Waals surface area contributed by atoms with E-state index in [-0.39, 0.29) is 21.8 Å². The monoisotopic (exact) mass is 376 g/mol. The molecule has 2 atom stereocenters. The first-order valence-electron chi connectivity index (χ1n) is 9.58. The molecular formula is C24H24S2+2. The first-order chi connectivity index (χ1) is 12.9. The highest BCUT2D eigenvalue weighted by atomic mass is 32.2. The van der Waals surface area contributed by atoms with Crippen molar-refractivity contribution in [3.8, 4) is 0 Å². The van der Waals surface area contributed by atoms with Gasteiger partial charge in [-0.05, 0) is 49.9 Å². The Kier molecular flexibility index (Phi) is 4.56. The SMILES string of the molecule is c1ccc([S+]2CCCc3cc4c(cc32)CCC[S+]4c2ccccc2)cc1. The van der Waals surface area contributed by atoms with Gasteiger partial charge in [0.15, 0.2) is 19.6 Å². The van der Waals surface area contributed by atoms with Crippen molar-refractivity contribution in [2.45, 2.75) is 45.3 Å². The molecule has 0 nitrogen and oxygen atoms in total. The molecule has 0 N–H and O–H groups in total. The molecule has 2 aliphatic rings. The zero-order chi connectivity index (χ0) is 17.3. The minimum atomic E-state index is 0.266. The van der Waals surface area contributed by atoms with Crippen LogP contribution in [-0.4, -0.2) is 11.5 Å². The van der Waals surface area contributed by atoms with Crippen molar-refractivity contribution in [3.63, 3.8) is 0 Å². The van der Waals surface area contributed by atoms with Crippen LogP contribution < -0.4 is 0 Å². The van der Waals surface area contributed by atoms with Gasteiger partial charge in [-0.3, -0.25) is 0 Å². The Balaban J connectivity index is 1.59. The third-order valence-electron chi connectivity index (χ3n) is 5.42. The normalized spacial score (nSPS) is 21.7. The average Bonchev–Trinajstić information content (AvgIpc) is 2.72. The van der Waals surface area contributed by atoms with E-state index in [0.717, 1.165) is 0 Å². The van der Waals surface area contributed by atoms with E-state index < -0.39 is 0 Å². The molecular weight excluding hydrogens is 352 g/mol. The average molecular weight is 377 g/mol. The van der Waals surface area contributed by atoms with Gasteiger partial charge < -0.3 is 0 Å². The highest BCUT2D eigenvalue weighted by Gasteiger charge is 2.38. The van der Waals surface area contributed by atoms with Gasteiger partial charge in [0.05, 0.1) is 21.8 Å². The fourth-order valence-corrected chi connectivity index (χ4v) is 8.97. The Labute approximate surface area is 162 Å². The second-order valence-corrected chi connectivity index (χ2v) is 11.3. The lowest BCUT2D eigenvalue weighted by molar-refractivity contribution is 0.834. The van der Waals surface area contributed by atoms with E-state index in [2.05, 4.69) is 72.8 Å². The highest BCUT2D eigenvalue weighted by molar-refractivity contribution is 7.97. The molecule has 0 aliphatic carbocycles. The van der Waals surface area contributed by atoms with Gasteiger partial charge in [-0.2, -0.15) is 0 Å². The van der Waals surface area contributed by atoms with Crippen LogP contribution in [0.4, 0.5) is 0 Å². The molecule has 3 aromatic rings.